The molecule has 136 valence electrons. The van der Waals surface area contributed by atoms with Gasteiger partial charge in [0.05, 0.1) is 32.8 Å². The Hall–Kier alpha value is -1.89. The molecule has 0 heterocycles. The molecule has 0 N–H and O–H groups in total. The Bertz CT molecular complexity index is 495. The van der Waals surface area contributed by atoms with Crippen LogP contribution in [0.2, 0.25) is 0 Å². The number of unbranched alkanes of at least 4 members (excludes halogenated alkanes) is 1. The summed E-state index contributed by atoms with van der Waals surface area (Å²) in [5, 5.41) is 9.65. The highest BCUT2D eigenvalue weighted by Gasteiger charge is 2.31. The summed E-state index contributed by atoms with van der Waals surface area (Å²) in [7, 11) is 4.74. The molecule has 0 aromatic heterocycles. The minimum Gasteiger partial charge on any atom is -0.493 e. The summed E-state index contributed by atoms with van der Waals surface area (Å²) < 4.78 is 16.1. The Morgan fingerprint density at radius 2 is 1.38 bits per heavy atom. The van der Waals surface area contributed by atoms with E-state index in [1.807, 2.05) is 19.1 Å². The molecule has 0 spiro atoms. The molecule has 4 heteroatoms. The van der Waals surface area contributed by atoms with Crippen LogP contribution in [-0.2, 0) is 5.41 Å². The first-order valence-corrected chi connectivity index (χ1v) is 8.75. The van der Waals surface area contributed by atoms with Gasteiger partial charge in [-0.25, -0.2) is 0 Å². The molecule has 0 aliphatic heterocycles. The zero-order chi connectivity index (χ0) is 18.6. The first kappa shape index (κ1) is 22.1. The van der Waals surface area contributed by atoms with Crippen molar-refractivity contribution in [2.24, 2.45) is 0 Å². The quantitative estimate of drug-likeness (QED) is 0.630. The number of rotatable bonds is 8. The molecule has 0 amide bonds. The molecule has 0 aliphatic rings. The summed E-state index contributed by atoms with van der Waals surface area (Å²) in [6.07, 6.45) is 5.13. The van der Waals surface area contributed by atoms with Crippen molar-refractivity contribution in [1.82, 2.24) is 0 Å². The van der Waals surface area contributed by atoms with Crippen LogP contribution in [0, 0.1) is 11.3 Å². The minimum absolute atomic E-state index is 0.512. The lowest BCUT2D eigenvalue weighted by Gasteiger charge is -2.27. The molecule has 4 nitrogen and oxygen atoms in total. The smallest absolute Gasteiger partial charge is 0.203 e. The largest absolute Gasteiger partial charge is 0.493 e. The lowest BCUT2D eigenvalue weighted by Crippen LogP contribution is -2.23. The average Bonchev–Trinajstić information content (AvgIpc) is 2.64. The van der Waals surface area contributed by atoms with Gasteiger partial charge in [-0.3, -0.25) is 0 Å². The predicted octanol–water partition coefficient (Wildman–Crippen LogP) is 5.49. The number of benzene rings is 1. The van der Waals surface area contributed by atoms with Gasteiger partial charge in [0.1, 0.15) is 0 Å². The molecule has 0 saturated carbocycles. The van der Waals surface area contributed by atoms with Crippen molar-refractivity contribution in [1.29, 1.82) is 5.26 Å². The Morgan fingerprint density at radius 3 is 1.62 bits per heavy atom. The summed E-state index contributed by atoms with van der Waals surface area (Å²) in [6, 6.07) is 6.23. The zero-order valence-corrected chi connectivity index (χ0v) is 16.4. The molecule has 0 saturated heterocycles. The van der Waals surface area contributed by atoms with Crippen LogP contribution in [0.1, 0.15) is 65.4 Å². The van der Waals surface area contributed by atoms with Gasteiger partial charge in [-0.2, -0.15) is 5.26 Å². The van der Waals surface area contributed by atoms with Gasteiger partial charge in [0.2, 0.25) is 5.75 Å². The van der Waals surface area contributed by atoms with Crippen molar-refractivity contribution < 1.29 is 14.2 Å². The zero-order valence-electron chi connectivity index (χ0n) is 16.4. The van der Waals surface area contributed by atoms with E-state index < -0.39 is 5.41 Å². The number of ether oxygens (including phenoxy) is 3. The standard InChI is InChI=1S/C16H23NO3.C4H10/c1-6-8-16(7-2,11-17)12-9-13(18-3)15(20-5)14(10-12)19-4;1-3-4-2/h9-10H,6-8H2,1-5H3;3-4H2,1-2H3. The summed E-state index contributed by atoms with van der Waals surface area (Å²) in [5.41, 5.74) is 0.403. The summed E-state index contributed by atoms with van der Waals surface area (Å²) in [5.74, 6) is 1.73. The third-order valence-corrected chi connectivity index (χ3v) is 4.21. The van der Waals surface area contributed by atoms with E-state index >= 15 is 0 Å². The number of hydrogen-bond acceptors (Lipinski definition) is 4. The molecule has 24 heavy (non-hydrogen) atoms. The fourth-order valence-corrected chi connectivity index (χ4v) is 2.51. The van der Waals surface area contributed by atoms with Crippen molar-refractivity contribution >= 4 is 0 Å². The van der Waals surface area contributed by atoms with Gasteiger partial charge >= 0.3 is 0 Å². The Kier molecular flexibility index (Phi) is 10.7. The number of nitrogens with zero attached hydrogens (tertiary/aromatic N) is 1. The maximum absolute atomic E-state index is 9.65. The molecule has 0 aliphatic carbocycles. The molecule has 0 bridgehead atoms. The van der Waals surface area contributed by atoms with Gasteiger partial charge in [-0.1, -0.05) is 47.0 Å². The van der Waals surface area contributed by atoms with Gasteiger partial charge in [-0.15, -0.1) is 0 Å². The number of hydrogen-bond donors (Lipinski definition) is 0. The fourth-order valence-electron chi connectivity index (χ4n) is 2.51. The first-order valence-electron chi connectivity index (χ1n) is 8.75. The molecule has 1 aromatic carbocycles. The van der Waals surface area contributed by atoms with Crippen LogP contribution in [0.4, 0.5) is 0 Å². The molecule has 1 atom stereocenters. The monoisotopic (exact) mass is 335 g/mol. The highest BCUT2D eigenvalue weighted by atomic mass is 16.5. The second kappa shape index (κ2) is 11.6. The molecule has 1 aromatic rings. The van der Waals surface area contributed by atoms with E-state index in [2.05, 4.69) is 26.8 Å². The molecular weight excluding hydrogens is 302 g/mol. The van der Waals surface area contributed by atoms with E-state index in [9.17, 15) is 5.26 Å². The van der Waals surface area contributed by atoms with E-state index in [1.54, 1.807) is 21.3 Å². The van der Waals surface area contributed by atoms with Gasteiger partial charge in [0.25, 0.3) is 0 Å². The Morgan fingerprint density at radius 1 is 0.875 bits per heavy atom. The van der Waals surface area contributed by atoms with Crippen molar-refractivity contribution in [2.75, 3.05) is 21.3 Å². The molecule has 1 rings (SSSR count). The van der Waals surface area contributed by atoms with Crippen molar-refractivity contribution in [3.63, 3.8) is 0 Å². The first-order chi connectivity index (χ1) is 11.5. The minimum atomic E-state index is -0.512. The topological polar surface area (TPSA) is 51.5 Å². The lowest BCUT2D eigenvalue weighted by atomic mass is 9.76. The molecular formula is C20H33NO3. The highest BCUT2D eigenvalue weighted by Crippen LogP contribution is 2.43. The van der Waals surface area contributed by atoms with Crippen LogP contribution in [0.3, 0.4) is 0 Å². The van der Waals surface area contributed by atoms with Crippen molar-refractivity contribution in [3.8, 4) is 23.3 Å². The fraction of sp³-hybridized carbons (Fsp3) is 0.650. The van der Waals surface area contributed by atoms with Gasteiger partial charge in [-0.05, 0) is 30.5 Å². The average molecular weight is 335 g/mol. The molecule has 0 radical (unpaired) electrons. The van der Waals surface area contributed by atoms with Crippen LogP contribution >= 0.6 is 0 Å². The second-order valence-corrected chi connectivity index (χ2v) is 5.71. The summed E-state index contributed by atoms with van der Waals surface area (Å²) >= 11 is 0. The Labute approximate surface area is 147 Å². The summed E-state index contributed by atoms with van der Waals surface area (Å²) in [4.78, 5) is 0. The molecule has 0 fully saturated rings. The number of methoxy groups -OCH3 is 3. The van der Waals surface area contributed by atoms with Crippen LogP contribution in [0.15, 0.2) is 12.1 Å². The SMILES string of the molecule is CCCC.CCCC(C#N)(CC)c1cc(OC)c(OC)c(OC)c1. The highest BCUT2D eigenvalue weighted by molar-refractivity contribution is 5.56. The van der Waals surface area contributed by atoms with E-state index in [1.165, 1.54) is 12.8 Å². The van der Waals surface area contributed by atoms with Gasteiger partial charge in [0.15, 0.2) is 11.5 Å². The van der Waals surface area contributed by atoms with Crippen LogP contribution in [0.5, 0.6) is 17.2 Å². The second-order valence-electron chi connectivity index (χ2n) is 5.71. The van der Waals surface area contributed by atoms with Gasteiger partial charge in [0, 0.05) is 0 Å². The maximum atomic E-state index is 9.65. The predicted molar refractivity (Wildman–Crippen MR) is 99.2 cm³/mol. The molecule has 1 unspecified atom stereocenters. The van der Waals surface area contributed by atoms with E-state index in [4.69, 9.17) is 14.2 Å². The lowest BCUT2D eigenvalue weighted by molar-refractivity contribution is 0.322. The van der Waals surface area contributed by atoms with Gasteiger partial charge < -0.3 is 14.2 Å². The third-order valence-electron chi connectivity index (χ3n) is 4.21. The maximum Gasteiger partial charge on any atom is 0.203 e. The van der Waals surface area contributed by atoms with E-state index in [-0.39, 0.29) is 0 Å². The third kappa shape index (κ3) is 5.33. The van der Waals surface area contributed by atoms with E-state index in [0.29, 0.717) is 17.2 Å². The van der Waals surface area contributed by atoms with Crippen LogP contribution in [-0.4, -0.2) is 21.3 Å². The number of nitriles is 1. The van der Waals surface area contributed by atoms with Crippen LogP contribution in [0.25, 0.3) is 0 Å². The van der Waals surface area contributed by atoms with Crippen molar-refractivity contribution in [2.45, 2.75) is 65.2 Å². The summed E-state index contributed by atoms with van der Waals surface area (Å²) in [6.45, 7) is 8.47. The van der Waals surface area contributed by atoms with Crippen LogP contribution < -0.4 is 14.2 Å². The normalized spacial score (nSPS) is 12.2. The Balaban J connectivity index is 0.00000118. The van der Waals surface area contributed by atoms with Crippen molar-refractivity contribution in [3.05, 3.63) is 17.7 Å². The van der Waals surface area contributed by atoms with E-state index in [0.717, 1.165) is 24.8 Å².